The zero-order valence-corrected chi connectivity index (χ0v) is 21.7. The van der Waals surface area contributed by atoms with Gasteiger partial charge in [0.25, 0.3) is 5.56 Å². The van der Waals surface area contributed by atoms with E-state index in [1.54, 1.807) is 22.0 Å². The molecule has 0 unspecified atom stereocenters. The zero-order valence-electron chi connectivity index (χ0n) is 19.4. The van der Waals surface area contributed by atoms with Crippen LogP contribution in [-0.2, 0) is 0 Å². The molecular formula is C27H19ClN4O2S2. The number of hydrogen-bond donors (Lipinski definition) is 0. The lowest BCUT2D eigenvalue weighted by Crippen LogP contribution is -2.21. The number of fused-ring (bicyclic) bond motifs is 3. The van der Waals surface area contributed by atoms with Gasteiger partial charge in [-0.05, 0) is 49.6 Å². The van der Waals surface area contributed by atoms with Crippen molar-refractivity contribution in [2.75, 3.05) is 6.61 Å². The Bertz CT molecular complexity index is 1790. The highest BCUT2D eigenvalue weighted by molar-refractivity contribution is 7.25. The number of pyridine rings is 2. The maximum atomic E-state index is 13.7. The number of halogens is 1. The number of ether oxygens (including phenoxy) is 1. The first kappa shape index (κ1) is 22.8. The fourth-order valence-electron chi connectivity index (χ4n) is 4.29. The van der Waals surface area contributed by atoms with Crippen molar-refractivity contribution in [3.8, 4) is 33.3 Å². The van der Waals surface area contributed by atoms with Crippen molar-refractivity contribution in [2.45, 2.75) is 13.8 Å². The van der Waals surface area contributed by atoms with Crippen molar-refractivity contribution in [3.05, 3.63) is 87.4 Å². The predicted molar refractivity (Wildman–Crippen MR) is 148 cm³/mol. The van der Waals surface area contributed by atoms with Gasteiger partial charge < -0.3 is 4.74 Å². The predicted octanol–water partition coefficient (Wildman–Crippen LogP) is 7.15. The van der Waals surface area contributed by atoms with Crippen LogP contribution in [0.4, 0.5) is 0 Å². The molecule has 0 bridgehead atoms. The Hall–Kier alpha value is -3.59. The molecule has 178 valence electrons. The highest BCUT2D eigenvalue weighted by Crippen LogP contribution is 2.41. The summed E-state index contributed by atoms with van der Waals surface area (Å²) in [6.45, 7) is 4.24. The van der Waals surface area contributed by atoms with Gasteiger partial charge in [-0.25, -0.2) is 15.0 Å². The van der Waals surface area contributed by atoms with Crippen LogP contribution in [0.15, 0.2) is 70.8 Å². The maximum absolute atomic E-state index is 13.7. The smallest absolute Gasteiger partial charge is 0.276 e. The molecule has 1 aromatic carbocycles. The molecule has 6 rings (SSSR count). The van der Waals surface area contributed by atoms with E-state index in [9.17, 15) is 4.79 Å². The number of aromatic nitrogens is 4. The molecule has 0 aliphatic heterocycles. The molecule has 36 heavy (non-hydrogen) atoms. The third-order valence-corrected chi connectivity index (χ3v) is 7.95. The van der Waals surface area contributed by atoms with E-state index in [2.05, 4.69) is 11.1 Å². The van der Waals surface area contributed by atoms with Crippen molar-refractivity contribution in [1.29, 1.82) is 0 Å². The molecule has 6 aromatic rings. The largest absolute Gasteiger partial charge is 0.478 e. The number of aryl methyl sites for hydroxylation is 1. The van der Waals surface area contributed by atoms with Crippen LogP contribution < -0.4 is 10.3 Å². The molecule has 0 N–H and O–H groups in total. The van der Waals surface area contributed by atoms with E-state index >= 15 is 0 Å². The summed E-state index contributed by atoms with van der Waals surface area (Å²) in [6.07, 6.45) is 0. The van der Waals surface area contributed by atoms with Crippen molar-refractivity contribution in [1.82, 2.24) is 19.5 Å². The van der Waals surface area contributed by atoms with Gasteiger partial charge in [0.15, 0.2) is 0 Å². The second-order valence-electron chi connectivity index (χ2n) is 8.08. The van der Waals surface area contributed by atoms with Crippen molar-refractivity contribution in [2.24, 2.45) is 0 Å². The van der Waals surface area contributed by atoms with Gasteiger partial charge in [-0.1, -0.05) is 35.9 Å². The minimum atomic E-state index is -0.101. The SMILES string of the molecule is CCOc1cc(-c2cc(-c3cccs3)c3c(n2)sc2c(=O)n(-c4ccccc4)c(C)nc23)cc(Cl)n1. The van der Waals surface area contributed by atoms with Crippen LogP contribution in [0.3, 0.4) is 0 Å². The summed E-state index contributed by atoms with van der Waals surface area (Å²) < 4.78 is 7.83. The highest BCUT2D eigenvalue weighted by Gasteiger charge is 2.21. The van der Waals surface area contributed by atoms with Crippen LogP contribution in [0.5, 0.6) is 5.88 Å². The fourth-order valence-corrected chi connectivity index (χ4v) is 6.31. The normalized spacial score (nSPS) is 11.4. The third-order valence-electron chi connectivity index (χ3n) is 5.79. The molecule has 0 aliphatic rings. The van der Waals surface area contributed by atoms with E-state index in [1.807, 2.05) is 67.8 Å². The van der Waals surface area contributed by atoms with Gasteiger partial charge in [0.05, 0.1) is 23.5 Å². The Balaban J connectivity index is 1.67. The zero-order chi connectivity index (χ0) is 24.8. The molecule has 0 fully saturated rings. The van der Waals surface area contributed by atoms with Crippen molar-refractivity contribution >= 4 is 54.7 Å². The average molecular weight is 531 g/mol. The van der Waals surface area contributed by atoms with Gasteiger partial charge in [0.1, 0.15) is 20.5 Å². The van der Waals surface area contributed by atoms with Gasteiger partial charge in [-0.2, -0.15) is 0 Å². The lowest BCUT2D eigenvalue weighted by atomic mass is 10.1. The summed E-state index contributed by atoms with van der Waals surface area (Å²) in [6, 6.07) is 19.3. The topological polar surface area (TPSA) is 69.9 Å². The lowest BCUT2D eigenvalue weighted by Gasteiger charge is -2.10. The van der Waals surface area contributed by atoms with Crippen LogP contribution in [0.25, 0.3) is 47.8 Å². The van der Waals surface area contributed by atoms with Crippen LogP contribution >= 0.6 is 34.3 Å². The third kappa shape index (κ3) is 3.87. The van der Waals surface area contributed by atoms with E-state index in [4.69, 9.17) is 26.3 Å². The average Bonchev–Trinajstić information content (AvgIpc) is 3.53. The lowest BCUT2D eigenvalue weighted by molar-refractivity contribution is 0.327. The Morgan fingerprint density at radius 1 is 1.03 bits per heavy atom. The van der Waals surface area contributed by atoms with Gasteiger partial charge in [0, 0.05) is 27.5 Å². The molecule has 0 atom stereocenters. The van der Waals surface area contributed by atoms with E-state index in [1.165, 1.54) is 11.3 Å². The van der Waals surface area contributed by atoms with Gasteiger partial charge in [-0.3, -0.25) is 9.36 Å². The Labute approximate surface area is 219 Å². The molecule has 0 radical (unpaired) electrons. The first-order valence-corrected chi connectivity index (χ1v) is 13.4. The maximum Gasteiger partial charge on any atom is 0.276 e. The van der Waals surface area contributed by atoms with Crippen LogP contribution in [0.1, 0.15) is 12.7 Å². The van der Waals surface area contributed by atoms with E-state index < -0.39 is 0 Å². The number of nitrogens with zero attached hydrogens (tertiary/aromatic N) is 4. The van der Waals surface area contributed by atoms with Crippen LogP contribution in [0.2, 0.25) is 5.15 Å². The molecule has 0 amide bonds. The number of hydrogen-bond acceptors (Lipinski definition) is 7. The standard InChI is InChI=1S/C27H19ClN4O2S2/c1-3-34-22-13-16(12-21(28)31-22)19-14-18(20-10-7-11-35-20)23-24-25(36-26(23)30-19)27(33)32(15(2)29-24)17-8-5-4-6-9-17/h4-14H,3H2,1-2H3. The minimum Gasteiger partial charge on any atom is -0.478 e. The van der Waals surface area contributed by atoms with Crippen molar-refractivity contribution in [3.63, 3.8) is 0 Å². The Morgan fingerprint density at radius 3 is 2.61 bits per heavy atom. The number of benzene rings is 1. The Kier molecular flexibility index (Phi) is 5.79. The number of para-hydroxylation sites is 1. The summed E-state index contributed by atoms with van der Waals surface area (Å²) in [4.78, 5) is 29.6. The highest BCUT2D eigenvalue weighted by atomic mass is 35.5. The Morgan fingerprint density at radius 2 is 1.86 bits per heavy atom. The van der Waals surface area contributed by atoms with E-state index in [-0.39, 0.29) is 5.56 Å². The number of thiophene rings is 2. The van der Waals surface area contributed by atoms with Gasteiger partial charge in [-0.15, -0.1) is 22.7 Å². The molecule has 6 nitrogen and oxygen atoms in total. The van der Waals surface area contributed by atoms with Crippen LogP contribution in [0, 0.1) is 6.92 Å². The molecule has 5 aromatic heterocycles. The summed E-state index contributed by atoms with van der Waals surface area (Å²) in [5.41, 5.74) is 3.86. The van der Waals surface area contributed by atoms with Crippen molar-refractivity contribution < 1.29 is 4.74 Å². The summed E-state index contributed by atoms with van der Waals surface area (Å²) in [7, 11) is 0. The van der Waals surface area contributed by atoms with E-state index in [0.717, 1.165) is 37.6 Å². The first-order chi connectivity index (χ1) is 17.5. The second kappa shape index (κ2) is 9.13. The number of rotatable bonds is 5. The molecular weight excluding hydrogens is 512 g/mol. The monoisotopic (exact) mass is 530 g/mol. The fraction of sp³-hybridized carbons (Fsp3) is 0.111. The molecule has 0 spiro atoms. The molecule has 0 aliphatic carbocycles. The quantitative estimate of drug-likeness (QED) is 0.221. The van der Waals surface area contributed by atoms with E-state index in [0.29, 0.717) is 33.7 Å². The first-order valence-electron chi connectivity index (χ1n) is 11.3. The second-order valence-corrected chi connectivity index (χ2v) is 10.4. The minimum absolute atomic E-state index is 0.101. The summed E-state index contributed by atoms with van der Waals surface area (Å²) in [5, 5.41) is 3.25. The molecule has 0 saturated carbocycles. The summed E-state index contributed by atoms with van der Waals surface area (Å²) >= 11 is 9.30. The van der Waals surface area contributed by atoms with Crippen LogP contribution in [-0.4, -0.2) is 26.1 Å². The molecule has 9 heteroatoms. The van der Waals surface area contributed by atoms with Gasteiger partial charge in [0.2, 0.25) is 5.88 Å². The molecule has 5 heterocycles. The van der Waals surface area contributed by atoms with Gasteiger partial charge >= 0.3 is 0 Å². The molecule has 0 saturated heterocycles. The summed E-state index contributed by atoms with van der Waals surface area (Å²) in [5.74, 6) is 1.07.